The molecule has 2 amide bonds. The van der Waals surface area contributed by atoms with E-state index in [0.717, 1.165) is 5.56 Å². The lowest BCUT2D eigenvalue weighted by atomic mass is 10.2. The van der Waals surface area contributed by atoms with Crippen molar-refractivity contribution in [3.05, 3.63) is 58.3 Å². The van der Waals surface area contributed by atoms with Crippen molar-refractivity contribution in [2.75, 3.05) is 10.2 Å². The Kier molecular flexibility index (Phi) is 6.36. The van der Waals surface area contributed by atoms with E-state index in [1.165, 1.54) is 29.2 Å². The van der Waals surface area contributed by atoms with Gasteiger partial charge in [0.05, 0.1) is 6.54 Å². The van der Waals surface area contributed by atoms with Gasteiger partial charge in [0.1, 0.15) is 12.6 Å². The van der Waals surface area contributed by atoms with Crippen LogP contribution in [0.3, 0.4) is 0 Å². The molecule has 0 atom stereocenters. The van der Waals surface area contributed by atoms with Gasteiger partial charge < -0.3 is 10.2 Å². The van der Waals surface area contributed by atoms with Crippen LogP contribution in [0, 0.1) is 11.3 Å². The number of rotatable bonds is 6. The minimum Gasteiger partial charge on any atom is -0.326 e. The van der Waals surface area contributed by atoms with E-state index in [1.807, 2.05) is 16.8 Å². The van der Waals surface area contributed by atoms with Crippen molar-refractivity contribution in [2.24, 2.45) is 0 Å². The van der Waals surface area contributed by atoms with Gasteiger partial charge >= 0.3 is 6.18 Å². The third-order valence-electron chi connectivity index (χ3n) is 4.03. The SMILES string of the molecule is CC(=O)Nc1ccc(N(Cc2ccsc2)C(=O)Cn2nc(C(F)(F)F)nc2C#N)cc1. The number of alkyl halides is 3. The number of nitrogens with zero attached hydrogens (tertiary/aromatic N) is 5. The highest BCUT2D eigenvalue weighted by atomic mass is 32.1. The van der Waals surface area contributed by atoms with E-state index in [-0.39, 0.29) is 12.5 Å². The fraction of sp³-hybridized carbons (Fsp3) is 0.211. The number of amides is 2. The fourth-order valence-corrected chi connectivity index (χ4v) is 3.35. The molecule has 0 saturated carbocycles. The molecule has 0 fully saturated rings. The first-order chi connectivity index (χ1) is 14.7. The topological polar surface area (TPSA) is 104 Å². The summed E-state index contributed by atoms with van der Waals surface area (Å²) < 4.78 is 39.3. The van der Waals surface area contributed by atoms with Crippen molar-refractivity contribution in [1.82, 2.24) is 14.8 Å². The number of carbonyl (C=O) groups is 2. The molecule has 0 unspecified atom stereocenters. The lowest BCUT2D eigenvalue weighted by Gasteiger charge is -2.23. The predicted octanol–water partition coefficient (Wildman–Crippen LogP) is 3.42. The van der Waals surface area contributed by atoms with Crippen LogP contribution < -0.4 is 10.2 Å². The van der Waals surface area contributed by atoms with E-state index < -0.39 is 30.3 Å². The van der Waals surface area contributed by atoms with Gasteiger partial charge in [0.15, 0.2) is 0 Å². The van der Waals surface area contributed by atoms with Crippen LogP contribution in [0.2, 0.25) is 0 Å². The summed E-state index contributed by atoms with van der Waals surface area (Å²) in [5.74, 6) is -2.94. The quantitative estimate of drug-likeness (QED) is 0.622. The van der Waals surface area contributed by atoms with E-state index >= 15 is 0 Å². The van der Waals surface area contributed by atoms with E-state index in [1.54, 1.807) is 24.3 Å². The Bertz CT molecular complexity index is 1120. The van der Waals surface area contributed by atoms with Crippen LogP contribution in [0.1, 0.15) is 24.1 Å². The number of hydrogen-bond donors (Lipinski definition) is 1. The summed E-state index contributed by atoms with van der Waals surface area (Å²) in [5.41, 5.74) is 1.80. The van der Waals surface area contributed by atoms with Crippen LogP contribution in [0.15, 0.2) is 41.1 Å². The van der Waals surface area contributed by atoms with Crippen LogP contribution in [0.5, 0.6) is 0 Å². The number of carbonyl (C=O) groups excluding carboxylic acids is 2. The van der Waals surface area contributed by atoms with Gasteiger partial charge in [-0.2, -0.15) is 34.8 Å². The van der Waals surface area contributed by atoms with Gasteiger partial charge in [0, 0.05) is 18.3 Å². The van der Waals surface area contributed by atoms with Crippen molar-refractivity contribution in [2.45, 2.75) is 26.2 Å². The molecule has 3 aromatic rings. The smallest absolute Gasteiger partial charge is 0.326 e. The number of hydrogen-bond acceptors (Lipinski definition) is 6. The van der Waals surface area contributed by atoms with Crippen LogP contribution in [-0.2, 0) is 28.9 Å². The van der Waals surface area contributed by atoms with Crippen molar-refractivity contribution < 1.29 is 22.8 Å². The van der Waals surface area contributed by atoms with E-state index in [0.29, 0.717) is 16.1 Å². The molecule has 31 heavy (non-hydrogen) atoms. The molecule has 2 aromatic heterocycles. The van der Waals surface area contributed by atoms with Gasteiger partial charge in [-0.15, -0.1) is 5.10 Å². The van der Waals surface area contributed by atoms with Crippen molar-refractivity contribution in [1.29, 1.82) is 5.26 Å². The average molecular weight is 448 g/mol. The normalized spacial score (nSPS) is 11.1. The first-order valence-electron chi connectivity index (χ1n) is 8.78. The molecule has 2 heterocycles. The molecule has 160 valence electrons. The number of nitriles is 1. The Labute approximate surface area is 178 Å². The Morgan fingerprint density at radius 2 is 1.97 bits per heavy atom. The molecule has 8 nitrogen and oxygen atoms in total. The fourth-order valence-electron chi connectivity index (χ4n) is 2.69. The monoisotopic (exact) mass is 448 g/mol. The number of thiophene rings is 1. The van der Waals surface area contributed by atoms with E-state index in [9.17, 15) is 22.8 Å². The van der Waals surface area contributed by atoms with Crippen molar-refractivity contribution >= 4 is 34.5 Å². The summed E-state index contributed by atoms with van der Waals surface area (Å²) in [6.45, 7) is 0.911. The Morgan fingerprint density at radius 1 is 1.26 bits per heavy atom. The van der Waals surface area contributed by atoms with Crippen LogP contribution in [-0.4, -0.2) is 26.6 Å². The minimum absolute atomic E-state index is 0.157. The van der Waals surface area contributed by atoms with Crippen molar-refractivity contribution in [3.8, 4) is 6.07 Å². The van der Waals surface area contributed by atoms with E-state index in [4.69, 9.17) is 5.26 Å². The number of anilines is 2. The lowest BCUT2D eigenvalue weighted by molar-refractivity contribution is -0.145. The Hall–Kier alpha value is -3.72. The average Bonchev–Trinajstić information content (AvgIpc) is 3.35. The maximum atomic E-state index is 13.0. The largest absolute Gasteiger partial charge is 0.453 e. The first-order valence-corrected chi connectivity index (χ1v) is 9.73. The maximum absolute atomic E-state index is 13.0. The van der Waals surface area contributed by atoms with Gasteiger partial charge in [0.2, 0.25) is 17.6 Å². The summed E-state index contributed by atoms with van der Waals surface area (Å²) in [6, 6.07) is 9.74. The van der Waals surface area contributed by atoms with Gasteiger partial charge in [-0.3, -0.25) is 9.59 Å². The zero-order valence-corrected chi connectivity index (χ0v) is 16.9. The number of nitrogens with one attached hydrogen (secondary N) is 1. The molecule has 12 heteroatoms. The third kappa shape index (κ3) is 5.46. The molecular weight excluding hydrogens is 433 g/mol. The van der Waals surface area contributed by atoms with Crippen molar-refractivity contribution in [3.63, 3.8) is 0 Å². The summed E-state index contributed by atoms with van der Waals surface area (Å²) >= 11 is 1.43. The zero-order chi connectivity index (χ0) is 22.6. The Balaban J connectivity index is 1.89. The zero-order valence-electron chi connectivity index (χ0n) is 16.1. The molecule has 0 radical (unpaired) electrons. The predicted molar refractivity (Wildman–Crippen MR) is 106 cm³/mol. The van der Waals surface area contributed by atoms with Crippen LogP contribution >= 0.6 is 11.3 Å². The summed E-state index contributed by atoms with van der Waals surface area (Å²) in [7, 11) is 0. The van der Waals surface area contributed by atoms with E-state index in [2.05, 4.69) is 15.4 Å². The van der Waals surface area contributed by atoms with Gasteiger partial charge in [-0.1, -0.05) is 0 Å². The Morgan fingerprint density at radius 3 is 2.52 bits per heavy atom. The number of benzene rings is 1. The summed E-state index contributed by atoms with van der Waals surface area (Å²) in [5, 5.41) is 18.6. The summed E-state index contributed by atoms with van der Waals surface area (Å²) in [6.07, 6.45) is -4.84. The summed E-state index contributed by atoms with van der Waals surface area (Å²) in [4.78, 5) is 28.7. The standard InChI is InChI=1S/C19H15F3N6O2S/c1-12(29)24-14-2-4-15(5-3-14)27(9-13-6-7-31-11-13)17(30)10-28-16(8-23)25-18(26-28)19(20,21)22/h2-7,11H,9-10H2,1H3,(H,24,29). The molecule has 0 aliphatic carbocycles. The lowest BCUT2D eigenvalue weighted by Crippen LogP contribution is -2.34. The third-order valence-corrected chi connectivity index (χ3v) is 4.76. The molecule has 3 rings (SSSR count). The van der Waals surface area contributed by atoms with Gasteiger partial charge in [0.25, 0.3) is 5.82 Å². The molecule has 1 N–H and O–H groups in total. The highest BCUT2D eigenvalue weighted by molar-refractivity contribution is 7.07. The molecule has 0 aliphatic heterocycles. The second-order valence-electron chi connectivity index (χ2n) is 6.37. The highest BCUT2D eigenvalue weighted by Crippen LogP contribution is 2.27. The number of halogens is 3. The van der Waals surface area contributed by atoms with Crippen LogP contribution in [0.25, 0.3) is 0 Å². The molecule has 0 aliphatic rings. The molecule has 0 spiro atoms. The maximum Gasteiger partial charge on any atom is 0.453 e. The molecule has 0 bridgehead atoms. The highest BCUT2D eigenvalue weighted by Gasteiger charge is 2.37. The second-order valence-corrected chi connectivity index (χ2v) is 7.15. The van der Waals surface area contributed by atoms with Gasteiger partial charge in [-0.05, 0) is 46.7 Å². The minimum atomic E-state index is -4.84. The molecule has 0 saturated heterocycles. The number of aromatic nitrogens is 3. The molecular formula is C19H15F3N6O2S. The van der Waals surface area contributed by atoms with Crippen LogP contribution in [0.4, 0.5) is 24.5 Å². The molecule has 1 aromatic carbocycles. The van der Waals surface area contributed by atoms with Gasteiger partial charge in [-0.25, -0.2) is 4.68 Å². The first kappa shape index (κ1) is 22.0. The second kappa shape index (κ2) is 8.97.